The number of carbonyl (C=O) groups is 1. The maximum absolute atomic E-state index is 11.5. The monoisotopic (exact) mass is 263 g/mol. The highest BCUT2D eigenvalue weighted by Crippen LogP contribution is 2.24. The molecule has 0 saturated carbocycles. The molecule has 14 heavy (non-hydrogen) atoms. The lowest BCUT2D eigenvalue weighted by Crippen LogP contribution is -2.34. The number of rotatable bonds is 4. The predicted molar refractivity (Wildman–Crippen MR) is 59.3 cm³/mol. The molecule has 1 amide bonds. The minimum Gasteiger partial charge on any atom is -0.390 e. The molecule has 1 heterocycles. The summed E-state index contributed by atoms with van der Waals surface area (Å²) >= 11 is 3.20. The highest BCUT2D eigenvalue weighted by Gasteiger charge is 2.31. The molecule has 1 aliphatic heterocycles. The lowest BCUT2D eigenvalue weighted by molar-refractivity contribution is -0.128. The second-order valence-electron chi connectivity index (χ2n) is 4.32. The van der Waals surface area contributed by atoms with Gasteiger partial charge < -0.3 is 10.0 Å². The molecule has 0 aromatic heterocycles. The summed E-state index contributed by atoms with van der Waals surface area (Å²) in [7, 11) is 0. The normalized spacial score (nSPS) is 24.8. The molecule has 3 nitrogen and oxygen atoms in total. The third kappa shape index (κ3) is 2.95. The summed E-state index contributed by atoms with van der Waals surface area (Å²) in [5.41, 5.74) is 0. The van der Waals surface area contributed by atoms with E-state index in [1.54, 1.807) is 4.90 Å². The van der Waals surface area contributed by atoms with E-state index in [0.717, 1.165) is 6.54 Å². The van der Waals surface area contributed by atoms with Crippen molar-refractivity contribution in [1.29, 1.82) is 0 Å². The van der Waals surface area contributed by atoms with Gasteiger partial charge in [0.1, 0.15) is 0 Å². The summed E-state index contributed by atoms with van der Waals surface area (Å²) in [6.07, 6.45) is 0.206. The van der Waals surface area contributed by atoms with E-state index in [-0.39, 0.29) is 5.91 Å². The average Bonchev–Trinajstić information content (AvgIpc) is 2.48. The number of carbonyl (C=O) groups excluding carboxylic acids is 1. The van der Waals surface area contributed by atoms with Crippen molar-refractivity contribution in [2.24, 2.45) is 11.8 Å². The Balaban J connectivity index is 2.44. The van der Waals surface area contributed by atoms with Crippen molar-refractivity contribution in [2.45, 2.75) is 26.4 Å². The molecule has 1 N–H and O–H groups in total. The van der Waals surface area contributed by atoms with Crippen molar-refractivity contribution < 1.29 is 9.90 Å². The third-order valence-electron chi connectivity index (χ3n) is 2.80. The zero-order chi connectivity index (χ0) is 10.7. The van der Waals surface area contributed by atoms with Crippen LogP contribution < -0.4 is 0 Å². The number of halogens is 1. The highest BCUT2D eigenvalue weighted by molar-refractivity contribution is 9.09. The van der Waals surface area contributed by atoms with Gasteiger partial charge in [0.05, 0.1) is 6.10 Å². The predicted octanol–water partition coefficient (Wildman–Crippen LogP) is 1.25. The number of nitrogens with zero attached hydrogens (tertiary/aromatic N) is 1. The first-order valence-corrected chi connectivity index (χ1v) is 6.18. The van der Waals surface area contributed by atoms with Crippen LogP contribution in [0.2, 0.25) is 0 Å². The van der Waals surface area contributed by atoms with Crippen LogP contribution in [0.3, 0.4) is 0 Å². The van der Waals surface area contributed by atoms with Crippen LogP contribution in [-0.2, 0) is 4.79 Å². The second-order valence-corrected chi connectivity index (χ2v) is 4.96. The van der Waals surface area contributed by atoms with Gasteiger partial charge in [0.2, 0.25) is 5.91 Å². The summed E-state index contributed by atoms with van der Waals surface area (Å²) in [6.45, 7) is 5.55. The molecular formula is C10H18BrNO2. The van der Waals surface area contributed by atoms with E-state index < -0.39 is 6.10 Å². The first kappa shape index (κ1) is 12.0. The van der Waals surface area contributed by atoms with Crippen LogP contribution >= 0.6 is 15.9 Å². The summed E-state index contributed by atoms with van der Waals surface area (Å²) < 4.78 is 0. The molecule has 0 spiro atoms. The van der Waals surface area contributed by atoms with Gasteiger partial charge in [-0.3, -0.25) is 4.79 Å². The maximum Gasteiger partial charge on any atom is 0.223 e. The smallest absolute Gasteiger partial charge is 0.223 e. The minimum absolute atomic E-state index is 0.184. The highest BCUT2D eigenvalue weighted by atomic mass is 79.9. The fraction of sp³-hybridized carbons (Fsp3) is 0.900. The molecule has 1 saturated heterocycles. The fourth-order valence-electron chi connectivity index (χ4n) is 1.73. The van der Waals surface area contributed by atoms with Gasteiger partial charge in [0.15, 0.2) is 0 Å². The first-order valence-electron chi connectivity index (χ1n) is 5.06. The van der Waals surface area contributed by atoms with Crippen LogP contribution in [0.1, 0.15) is 20.3 Å². The van der Waals surface area contributed by atoms with Gasteiger partial charge in [-0.05, 0) is 11.8 Å². The summed E-state index contributed by atoms with van der Waals surface area (Å²) in [5.74, 6) is 1.19. The van der Waals surface area contributed by atoms with E-state index >= 15 is 0 Å². The Morgan fingerprint density at radius 1 is 1.64 bits per heavy atom. The van der Waals surface area contributed by atoms with Gasteiger partial charge in [0.25, 0.3) is 0 Å². The van der Waals surface area contributed by atoms with Crippen LogP contribution in [0.15, 0.2) is 0 Å². The molecule has 0 radical (unpaired) electrons. The number of amides is 1. The SMILES string of the molecule is CC(C)C1CC(=O)N(CC(O)CBr)C1. The number of aliphatic hydroxyl groups excluding tert-OH is 1. The Bertz CT molecular complexity index is 208. The Morgan fingerprint density at radius 3 is 2.71 bits per heavy atom. The van der Waals surface area contributed by atoms with Crippen LogP contribution in [0.25, 0.3) is 0 Å². The number of alkyl halides is 1. The van der Waals surface area contributed by atoms with Crippen molar-refractivity contribution >= 4 is 21.8 Å². The Kier molecular flexibility index (Phi) is 4.38. The molecule has 82 valence electrons. The van der Waals surface area contributed by atoms with E-state index in [1.807, 2.05) is 0 Å². The molecular weight excluding hydrogens is 246 g/mol. The topological polar surface area (TPSA) is 40.5 Å². The number of hydrogen-bond donors (Lipinski definition) is 1. The number of hydrogen-bond acceptors (Lipinski definition) is 2. The quantitative estimate of drug-likeness (QED) is 0.776. The molecule has 1 aliphatic rings. The molecule has 2 unspecified atom stereocenters. The van der Waals surface area contributed by atoms with Crippen molar-refractivity contribution in [3.05, 3.63) is 0 Å². The number of β-amino-alcohol motifs (C(OH)–C–C–N with tert-alkyl or cyclic N) is 1. The van der Waals surface area contributed by atoms with Crippen LogP contribution in [-0.4, -0.2) is 40.4 Å². The standard InChI is InChI=1S/C10H18BrNO2/c1-7(2)8-3-10(14)12(5-8)6-9(13)4-11/h7-9,13H,3-6H2,1-2H3. The Hall–Kier alpha value is -0.0900. The van der Waals surface area contributed by atoms with E-state index in [0.29, 0.717) is 30.1 Å². The minimum atomic E-state index is -0.440. The average molecular weight is 264 g/mol. The summed E-state index contributed by atoms with van der Waals surface area (Å²) in [5, 5.41) is 9.95. The molecule has 0 aromatic carbocycles. The Labute approximate surface area is 93.6 Å². The van der Waals surface area contributed by atoms with Gasteiger partial charge in [0, 0.05) is 24.8 Å². The molecule has 0 aromatic rings. The molecule has 0 aliphatic carbocycles. The van der Waals surface area contributed by atoms with Gasteiger partial charge in [-0.25, -0.2) is 0 Å². The summed E-state index contributed by atoms with van der Waals surface area (Å²) in [6, 6.07) is 0. The van der Waals surface area contributed by atoms with Crippen LogP contribution in [0, 0.1) is 11.8 Å². The van der Waals surface area contributed by atoms with Gasteiger partial charge in [-0.1, -0.05) is 29.8 Å². The molecule has 0 bridgehead atoms. The zero-order valence-electron chi connectivity index (χ0n) is 8.74. The lowest BCUT2D eigenvalue weighted by Gasteiger charge is -2.20. The van der Waals surface area contributed by atoms with Crippen molar-refractivity contribution in [3.63, 3.8) is 0 Å². The van der Waals surface area contributed by atoms with Crippen LogP contribution in [0.4, 0.5) is 0 Å². The zero-order valence-corrected chi connectivity index (χ0v) is 10.3. The Morgan fingerprint density at radius 2 is 2.29 bits per heavy atom. The first-order chi connectivity index (χ1) is 6.54. The largest absolute Gasteiger partial charge is 0.390 e. The van der Waals surface area contributed by atoms with Gasteiger partial charge in [-0.15, -0.1) is 0 Å². The van der Waals surface area contributed by atoms with Crippen LogP contribution in [0.5, 0.6) is 0 Å². The van der Waals surface area contributed by atoms with Gasteiger partial charge >= 0.3 is 0 Å². The maximum atomic E-state index is 11.5. The van der Waals surface area contributed by atoms with Crippen molar-refractivity contribution in [2.75, 3.05) is 18.4 Å². The number of aliphatic hydroxyl groups is 1. The number of likely N-dealkylation sites (tertiary alicyclic amines) is 1. The van der Waals surface area contributed by atoms with E-state index in [1.165, 1.54) is 0 Å². The molecule has 1 fully saturated rings. The lowest BCUT2D eigenvalue weighted by atomic mass is 9.95. The van der Waals surface area contributed by atoms with Crippen molar-refractivity contribution in [3.8, 4) is 0 Å². The van der Waals surface area contributed by atoms with E-state index in [4.69, 9.17) is 0 Å². The molecule has 2 atom stereocenters. The van der Waals surface area contributed by atoms with Crippen molar-refractivity contribution in [1.82, 2.24) is 4.90 Å². The van der Waals surface area contributed by atoms with E-state index in [2.05, 4.69) is 29.8 Å². The third-order valence-corrected chi connectivity index (χ3v) is 3.54. The fourth-order valence-corrected chi connectivity index (χ4v) is 1.93. The van der Waals surface area contributed by atoms with E-state index in [9.17, 15) is 9.90 Å². The second kappa shape index (κ2) is 5.12. The van der Waals surface area contributed by atoms with Gasteiger partial charge in [-0.2, -0.15) is 0 Å². The summed E-state index contributed by atoms with van der Waals surface area (Å²) in [4.78, 5) is 13.3. The molecule has 4 heteroatoms. The molecule has 1 rings (SSSR count).